The number of rotatable bonds is 27. The number of nitrogens with zero attached hydrogens (tertiary/aromatic N) is 13. The lowest BCUT2D eigenvalue weighted by atomic mass is 9.86. The van der Waals surface area contributed by atoms with Crippen LogP contribution in [0, 0.1) is 20.8 Å². The van der Waals surface area contributed by atoms with Crippen molar-refractivity contribution >= 4 is 132 Å². The first-order valence-electron chi connectivity index (χ1n) is 40.8. The number of fused-ring (bicyclic) bond motifs is 3. The minimum atomic E-state index is -3.55. The molecule has 3 aliphatic rings. The van der Waals surface area contributed by atoms with E-state index >= 15 is 0 Å². The molecule has 3 saturated heterocycles. The number of para-hydroxylation sites is 3. The van der Waals surface area contributed by atoms with Crippen molar-refractivity contribution in [2.45, 2.75) is 196 Å². The summed E-state index contributed by atoms with van der Waals surface area (Å²) in [4.78, 5) is 30.7. The number of sulfone groups is 3. The average Bonchev–Trinajstić information content (AvgIpc) is 1.53. The first kappa shape index (κ1) is 86.5. The van der Waals surface area contributed by atoms with Crippen LogP contribution in [0.25, 0.3) is 33.5 Å². The van der Waals surface area contributed by atoms with Gasteiger partial charge in [0.25, 0.3) is 0 Å². The number of anilines is 12. The molecule has 6 aromatic heterocycles. The summed E-state index contributed by atoms with van der Waals surface area (Å²) in [5.74, 6) is 5.38. The molecule has 0 saturated carbocycles. The number of aromatic nitrogens is 15. The van der Waals surface area contributed by atoms with Gasteiger partial charge in [-0.05, 0) is 298 Å². The lowest BCUT2D eigenvalue weighted by Crippen LogP contribution is -2.32. The quantitative estimate of drug-likeness (QED) is 0.0228. The maximum absolute atomic E-state index is 13.1. The summed E-state index contributed by atoms with van der Waals surface area (Å²) < 4.78 is 96.3. The van der Waals surface area contributed by atoms with Crippen LogP contribution in [0.4, 0.5) is 69.4 Å². The van der Waals surface area contributed by atoms with E-state index in [1.54, 1.807) is 121 Å². The highest BCUT2D eigenvalue weighted by molar-refractivity contribution is 7.92. The van der Waals surface area contributed by atoms with E-state index in [0.717, 1.165) is 118 Å². The number of hydrogen-bond acceptors (Lipinski definition) is 30. The first-order chi connectivity index (χ1) is 57.5. The summed E-state index contributed by atoms with van der Waals surface area (Å²) in [5.41, 5.74) is 13.0. The zero-order valence-corrected chi connectivity index (χ0v) is 72.9. The Morgan fingerprint density at radius 2 is 0.692 bits per heavy atom. The van der Waals surface area contributed by atoms with Crippen molar-refractivity contribution in [1.29, 1.82) is 0 Å². The number of methoxy groups -OCH3 is 1. The molecule has 9 heterocycles. The normalized spacial score (nSPS) is 14.8. The molecule has 3 aliphatic heterocycles. The van der Waals surface area contributed by atoms with Gasteiger partial charge in [0.2, 0.25) is 34.8 Å². The number of nitrogens with one attached hydrogen (secondary N) is 11. The van der Waals surface area contributed by atoms with E-state index < -0.39 is 45.3 Å². The maximum atomic E-state index is 13.1. The van der Waals surface area contributed by atoms with Gasteiger partial charge in [-0.1, -0.05) is 43.3 Å². The monoisotopic (exact) mass is 1690 g/mol. The van der Waals surface area contributed by atoms with Crippen molar-refractivity contribution in [2.24, 2.45) is 0 Å². The molecule has 0 radical (unpaired) electrons. The Morgan fingerprint density at radius 1 is 0.392 bits per heavy atom. The number of piperidine rings is 3. The average molecular weight is 1690 g/mol. The van der Waals surface area contributed by atoms with Gasteiger partial charge in [0.1, 0.15) is 17.2 Å². The van der Waals surface area contributed by atoms with E-state index in [9.17, 15) is 25.3 Å². The van der Waals surface area contributed by atoms with Gasteiger partial charge in [-0.15, -0.1) is 15.3 Å². The third kappa shape index (κ3) is 19.7. The third-order valence-electron chi connectivity index (χ3n) is 21.6. The van der Waals surface area contributed by atoms with Gasteiger partial charge in [0, 0.05) is 0 Å². The Labute approximate surface area is 700 Å². The predicted molar refractivity (Wildman–Crippen MR) is 470 cm³/mol. The Balaban J connectivity index is 0.000000156. The van der Waals surface area contributed by atoms with Crippen LogP contribution >= 0.6 is 0 Å². The number of aromatic amines is 3. The number of likely N-dealkylation sites (tertiary alicyclic amines) is 1. The number of benzene rings is 6. The highest BCUT2D eigenvalue weighted by Gasteiger charge is 2.31. The molecule has 6 aromatic carbocycles. The van der Waals surface area contributed by atoms with Gasteiger partial charge < -0.3 is 61.6 Å². The molecule has 11 N–H and O–H groups in total. The molecule has 0 bridgehead atoms. The van der Waals surface area contributed by atoms with E-state index in [1.807, 2.05) is 33.8 Å². The molecule has 36 heteroatoms. The molecule has 15 rings (SSSR count). The Morgan fingerprint density at radius 3 is 0.992 bits per heavy atom. The summed E-state index contributed by atoms with van der Waals surface area (Å²) in [5, 5.41) is 57.3. The van der Waals surface area contributed by atoms with Crippen LogP contribution in [0.1, 0.15) is 166 Å². The molecule has 120 heavy (non-hydrogen) atoms. The second-order valence-corrected chi connectivity index (χ2v) is 39.0. The number of hydrogen-bond donors (Lipinski definition) is 11. The fourth-order valence-corrected chi connectivity index (χ4v) is 18.7. The number of ether oxygens (including phenoxy) is 3. The maximum Gasteiger partial charge on any atom is 0.231 e. The molecular weight excluding hydrogens is 1590 g/mol. The Bertz CT molecular complexity index is 5980. The second kappa shape index (κ2) is 37.5. The molecular formula is C84H108N24O9S3. The van der Waals surface area contributed by atoms with Gasteiger partial charge in [-0.3, -0.25) is 0 Å². The van der Waals surface area contributed by atoms with Crippen molar-refractivity contribution < 1.29 is 39.5 Å². The first-order valence-corrected chi connectivity index (χ1v) is 45.4. The van der Waals surface area contributed by atoms with E-state index in [4.69, 9.17) is 19.2 Å². The lowest BCUT2D eigenvalue weighted by Gasteiger charge is -2.32. The SMILES string of the molecule is CCN1CCC(c2cc(OC(C)C)c(Nc3nc(Nc4ccccc4S(=O)(=O)C(C)C)c4n[nH]nc4n3)cc2C)CC1.COc1cc(C2CCNCC2)c(C)cc1Nc1nc(Nc2ccccc2S(=O)(=O)C(C)C)c2n[nH]nc2n1.Cc1cc(Nc2nc(Nc3ccccc3S(=O)(=O)C(C)C)c3n[nH]nc3n2)c(OC(C)C)cc1C1CCNCC1. The van der Waals surface area contributed by atoms with Gasteiger partial charge in [-0.2, -0.15) is 60.8 Å². The number of H-pyrrole nitrogens is 3. The van der Waals surface area contributed by atoms with Gasteiger partial charge in [-0.25, -0.2) is 25.3 Å². The molecule has 0 aliphatic carbocycles. The third-order valence-corrected chi connectivity index (χ3v) is 28.2. The fourth-order valence-electron chi connectivity index (χ4n) is 15.0. The van der Waals surface area contributed by atoms with Crippen molar-refractivity contribution in [3.8, 4) is 17.2 Å². The van der Waals surface area contributed by atoms with Crippen LogP contribution < -0.4 is 56.7 Å². The topological polar surface area (TPSA) is 432 Å². The minimum absolute atomic E-state index is 0.0281. The molecule has 3 fully saturated rings. The van der Waals surface area contributed by atoms with Crippen molar-refractivity contribution in [3.05, 3.63) is 143 Å². The molecule has 636 valence electrons. The van der Waals surface area contributed by atoms with Crippen molar-refractivity contribution in [3.63, 3.8) is 0 Å². The van der Waals surface area contributed by atoms with E-state index in [0.29, 0.717) is 91.5 Å². The molecule has 0 amide bonds. The highest BCUT2D eigenvalue weighted by Crippen LogP contribution is 2.43. The minimum Gasteiger partial charge on any atom is -0.495 e. The van der Waals surface area contributed by atoms with Gasteiger partial charge in [0.05, 0.1) is 83.9 Å². The van der Waals surface area contributed by atoms with E-state index in [-0.39, 0.29) is 44.7 Å². The largest absolute Gasteiger partial charge is 0.495 e. The van der Waals surface area contributed by atoms with Crippen LogP contribution in [-0.4, -0.2) is 187 Å². The van der Waals surface area contributed by atoms with Gasteiger partial charge >= 0.3 is 0 Å². The highest BCUT2D eigenvalue weighted by atomic mass is 32.2. The lowest BCUT2D eigenvalue weighted by molar-refractivity contribution is 0.221. The molecule has 0 atom stereocenters. The van der Waals surface area contributed by atoms with Crippen molar-refractivity contribution in [1.82, 2.24) is 91.7 Å². The van der Waals surface area contributed by atoms with E-state index in [2.05, 4.69) is 177 Å². The summed E-state index contributed by atoms with van der Waals surface area (Å²) in [6, 6.07) is 32.8. The molecule has 12 aromatic rings. The van der Waals surface area contributed by atoms with Gasteiger partial charge in [0.15, 0.2) is 63.5 Å². The van der Waals surface area contributed by atoms with E-state index in [1.165, 1.54) is 27.8 Å². The smallest absolute Gasteiger partial charge is 0.231 e. The molecule has 0 unspecified atom stereocenters. The van der Waals surface area contributed by atoms with Crippen LogP contribution in [0.3, 0.4) is 0 Å². The Kier molecular flexibility index (Phi) is 27.1. The zero-order chi connectivity index (χ0) is 85.3. The van der Waals surface area contributed by atoms with Crippen LogP contribution in [0.5, 0.6) is 17.2 Å². The van der Waals surface area contributed by atoms with Crippen LogP contribution in [-0.2, 0) is 29.5 Å². The summed E-state index contributed by atoms with van der Waals surface area (Å²) in [6.07, 6.45) is 6.54. The zero-order valence-electron chi connectivity index (χ0n) is 70.4. The van der Waals surface area contributed by atoms with Crippen molar-refractivity contribution in [2.75, 3.05) is 84.8 Å². The molecule has 0 spiro atoms. The summed E-state index contributed by atoms with van der Waals surface area (Å²) in [6.45, 7) is 33.8. The molecule has 33 nitrogen and oxygen atoms in total. The number of aryl methyl sites for hydroxylation is 3. The van der Waals surface area contributed by atoms with Crippen LogP contribution in [0.15, 0.2) is 124 Å². The fraction of sp³-hybridized carbons (Fsp3) is 0.429. The standard InChI is InChI=1S/C30H40N8O3S.C28H36N8O3S.C26H32N8O3S/c1-7-38-14-12-21(13-15-38)22-17-25(41-18(2)3)24(16-20(22)6)32-30-33-28(27-29(34-30)36-37-35-27)31-23-10-8-9-11-26(23)42(39,40)19(4)5;1-16(2)39-23-15-20(19-10-12-29-13-11-19)18(5)14-22(23)31-28-32-26(25-27(33-28)35-36-34-25)30-21-8-6-7-9-24(21)40(37,38)17(3)4;1-15(2)38(35,36)22-8-6-5-7-19(22)28-24-23-25(33-34-32-23)31-26(30-24)29-20-13-16(3)18(14-21(20)37-4)17-9-11-27-12-10-17/h8-11,16-19,21H,7,12-15H2,1-6H3,(H3,31,32,33,34,35,36,37);6-9,14-17,19,29H,10-13H2,1-5H3,(H3,30,31,32,33,34,35,36);5-8,13-15,17,27H,9-12H2,1-4H3,(H3,28,29,30,31,32,33,34). The summed E-state index contributed by atoms with van der Waals surface area (Å²) in [7, 11) is -9.00. The predicted octanol–water partition coefficient (Wildman–Crippen LogP) is 14.9. The van der Waals surface area contributed by atoms with Crippen LogP contribution in [0.2, 0.25) is 0 Å². The summed E-state index contributed by atoms with van der Waals surface area (Å²) >= 11 is 0. The Hall–Kier alpha value is -11.3. The second-order valence-electron chi connectivity index (χ2n) is 31.6.